The van der Waals surface area contributed by atoms with Crippen LogP contribution in [0.25, 0.3) is 17.0 Å². The van der Waals surface area contributed by atoms with Crippen molar-refractivity contribution in [1.29, 1.82) is 0 Å². The Morgan fingerprint density at radius 1 is 1.08 bits per heavy atom. The van der Waals surface area contributed by atoms with Crippen LogP contribution in [0, 0.1) is 0 Å². The van der Waals surface area contributed by atoms with Crippen LogP contribution in [0.1, 0.15) is 24.8 Å². The van der Waals surface area contributed by atoms with Crippen LogP contribution in [0.4, 0.5) is 19.0 Å². The standard InChI is InChI=1S/C16H14F3N5/c17-16(18,19)11-4-1-3-10(9-11)15-22-21-14-8-7-13(23-24(14)15)20-12-5-2-6-12/h1,3-4,7-9,12H,2,5-6H2,(H,20,23). The summed E-state index contributed by atoms with van der Waals surface area (Å²) in [6, 6.07) is 8.97. The Balaban J connectivity index is 1.74. The van der Waals surface area contributed by atoms with E-state index in [4.69, 9.17) is 0 Å². The molecule has 5 nitrogen and oxygen atoms in total. The molecule has 0 amide bonds. The van der Waals surface area contributed by atoms with Gasteiger partial charge in [0.05, 0.1) is 5.56 Å². The predicted octanol–water partition coefficient (Wildman–Crippen LogP) is 3.77. The molecular formula is C16H14F3N5. The highest BCUT2D eigenvalue weighted by Crippen LogP contribution is 2.31. The lowest BCUT2D eigenvalue weighted by molar-refractivity contribution is -0.137. The predicted molar refractivity (Wildman–Crippen MR) is 82.5 cm³/mol. The quantitative estimate of drug-likeness (QED) is 0.793. The van der Waals surface area contributed by atoms with Gasteiger partial charge in [-0.15, -0.1) is 15.3 Å². The van der Waals surface area contributed by atoms with Crippen LogP contribution in [-0.2, 0) is 6.18 Å². The van der Waals surface area contributed by atoms with E-state index in [0.29, 0.717) is 23.1 Å². The second-order valence-electron chi connectivity index (χ2n) is 5.86. The maximum absolute atomic E-state index is 12.9. The Bertz CT molecular complexity index is 883. The lowest BCUT2D eigenvalue weighted by atomic mass is 9.93. The number of hydrogen-bond acceptors (Lipinski definition) is 4. The summed E-state index contributed by atoms with van der Waals surface area (Å²) < 4.78 is 40.2. The first-order valence-corrected chi connectivity index (χ1v) is 7.67. The molecule has 0 spiro atoms. The molecule has 1 aromatic carbocycles. The van der Waals surface area contributed by atoms with Gasteiger partial charge in [-0.05, 0) is 43.5 Å². The molecule has 2 aromatic heterocycles. The minimum Gasteiger partial charge on any atom is -0.366 e. The fourth-order valence-corrected chi connectivity index (χ4v) is 2.64. The summed E-state index contributed by atoms with van der Waals surface area (Å²) in [5, 5.41) is 15.7. The van der Waals surface area contributed by atoms with E-state index in [0.717, 1.165) is 25.0 Å². The van der Waals surface area contributed by atoms with E-state index in [-0.39, 0.29) is 5.82 Å². The third-order valence-corrected chi connectivity index (χ3v) is 4.17. The van der Waals surface area contributed by atoms with Crippen molar-refractivity contribution in [3.8, 4) is 11.4 Å². The maximum Gasteiger partial charge on any atom is 0.416 e. The van der Waals surface area contributed by atoms with Crippen LogP contribution in [0.2, 0.25) is 0 Å². The van der Waals surface area contributed by atoms with Crippen molar-refractivity contribution >= 4 is 11.5 Å². The van der Waals surface area contributed by atoms with Crippen molar-refractivity contribution in [3.05, 3.63) is 42.0 Å². The molecule has 8 heteroatoms. The molecule has 2 heterocycles. The zero-order valence-electron chi connectivity index (χ0n) is 12.6. The van der Waals surface area contributed by atoms with Gasteiger partial charge in [0.25, 0.3) is 0 Å². The number of nitrogens with one attached hydrogen (secondary N) is 1. The number of anilines is 1. The van der Waals surface area contributed by atoms with Crippen molar-refractivity contribution < 1.29 is 13.2 Å². The molecule has 0 saturated heterocycles. The summed E-state index contributed by atoms with van der Waals surface area (Å²) in [6.45, 7) is 0. The van der Waals surface area contributed by atoms with Gasteiger partial charge in [0, 0.05) is 11.6 Å². The minimum atomic E-state index is -4.40. The molecule has 0 atom stereocenters. The molecule has 1 N–H and O–H groups in total. The first-order valence-electron chi connectivity index (χ1n) is 7.67. The number of rotatable bonds is 3. The van der Waals surface area contributed by atoms with Gasteiger partial charge in [-0.2, -0.15) is 17.7 Å². The molecule has 1 aliphatic carbocycles. The molecule has 124 valence electrons. The van der Waals surface area contributed by atoms with Crippen LogP contribution in [0.15, 0.2) is 36.4 Å². The SMILES string of the molecule is FC(F)(F)c1cccc(-c2nnc3ccc(NC4CCC4)nn23)c1. The topological polar surface area (TPSA) is 55.1 Å². The molecule has 3 aromatic rings. The molecule has 1 aliphatic rings. The second kappa shape index (κ2) is 5.47. The summed E-state index contributed by atoms with van der Waals surface area (Å²) in [4.78, 5) is 0. The van der Waals surface area contributed by atoms with Gasteiger partial charge < -0.3 is 5.32 Å². The largest absolute Gasteiger partial charge is 0.416 e. The van der Waals surface area contributed by atoms with E-state index >= 15 is 0 Å². The van der Waals surface area contributed by atoms with Crippen LogP contribution < -0.4 is 5.32 Å². The van der Waals surface area contributed by atoms with Gasteiger partial charge in [-0.25, -0.2) is 0 Å². The van der Waals surface area contributed by atoms with Gasteiger partial charge >= 0.3 is 6.18 Å². The Hall–Kier alpha value is -2.64. The summed E-state index contributed by atoms with van der Waals surface area (Å²) >= 11 is 0. The van der Waals surface area contributed by atoms with Crippen LogP contribution >= 0.6 is 0 Å². The average Bonchev–Trinajstić information content (AvgIpc) is 2.93. The molecule has 0 aliphatic heterocycles. The number of fused-ring (bicyclic) bond motifs is 1. The average molecular weight is 333 g/mol. The number of benzene rings is 1. The number of nitrogens with zero attached hydrogens (tertiary/aromatic N) is 4. The summed E-state index contributed by atoms with van der Waals surface area (Å²) in [5.74, 6) is 0.952. The van der Waals surface area contributed by atoms with E-state index in [1.54, 1.807) is 18.2 Å². The lowest BCUT2D eigenvalue weighted by Crippen LogP contribution is -2.27. The van der Waals surface area contributed by atoms with Gasteiger partial charge in [0.1, 0.15) is 5.82 Å². The Morgan fingerprint density at radius 3 is 2.62 bits per heavy atom. The molecule has 24 heavy (non-hydrogen) atoms. The number of aromatic nitrogens is 4. The molecule has 0 bridgehead atoms. The highest BCUT2D eigenvalue weighted by molar-refractivity contribution is 5.60. The molecular weight excluding hydrogens is 319 g/mol. The number of halogens is 3. The van der Waals surface area contributed by atoms with Gasteiger partial charge in [0.15, 0.2) is 11.5 Å². The Morgan fingerprint density at radius 2 is 1.92 bits per heavy atom. The molecule has 4 rings (SSSR count). The number of alkyl halides is 3. The molecule has 0 radical (unpaired) electrons. The first kappa shape index (κ1) is 14.9. The van der Waals surface area contributed by atoms with Crippen molar-refractivity contribution in [2.75, 3.05) is 5.32 Å². The zero-order valence-corrected chi connectivity index (χ0v) is 12.6. The van der Waals surface area contributed by atoms with Gasteiger partial charge in [0.2, 0.25) is 0 Å². The van der Waals surface area contributed by atoms with Gasteiger partial charge in [-0.1, -0.05) is 12.1 Å². The zero-order chi connectivity index (χ0) is 16.7. The monoisotopic (exact) mass is 333 g/mol. The summed E-state index contributed by atoms with van der Waals surface area (Å²) in [5.41, 5.74) is 0.0905. The Labute approximate surface area is 135 Å². The van der Waals surface area contributed by atoms with Crippen molar-refractivity contribution in [3.63, 3.8) is 0 Å². The fourth-order valence-electron chi connectivity index (χ4n) is 2.64. The van der Waals surface area contributed by atoms with Crippen LogP contribution in [0.5, 0.6) is 0 Å². The van der Waals surface area contributed by atoms with E-state index in [2.05, 4.69) is 20.6 Å². The third-order valence-electron chi connectivity index (χ3n) is 4.17. The van der Waals surface area contributed by atoms with E-state index < -0.39 is 11.7 Å². The van der Waals surface area contributed by atoms with E-state index in [1.807, 2.05) is 0 Å². The molecule has 1 fully saturated rings. The minimum absolute atomic E-state index is 0.286. The normalized spacial score (nSPS) is 15.5. The fraction of sp³-hybridized carbons (Fsp3) is 0.312. The Kier molecular flexibility index (Phi) is 3.40. The third kappa shape index (κ3) is 2.68. The van der Waals surface area contributed by atoms with Crippen molar-refractivity contribution in [2.45, 2.75) is 31.5 Å². The maximum atomic E-state index is 12.9. The first-order chi connectivity index (χ1) is 11.5. The van der Waals surface area contributed by atoms with Crippen LogP contribution in [0.3, 0.4) is 0 Å². The molecule has 0 unspecified atom stereocenters. The van der Waals surface area contributed by atoms with Crippen molar-refractivity contribution in [1.82, 2.24) is 19.8 Å². The highest BCUT2D eigenvalue weighted by atomic mass is 19.4. The molecule has 1 saturated carbocycles. The lowest BCUT2D eigenvalue weighted by Gasteiger charge is -2.26. The van der Waals surface area contributed by atoms with Gasteiger partial charge in [-0.3, -0.25) is 0 Å². The highest BCUT2D eigenvalue weighted by Gasteiger charge is 2.30. The van der Waals surface area contributed by atoms with Crippen LogP contribution in [-0.4, -0.2) is 25.9 Å². The smallest absolute Gasteiger partial charge is 0.366 e. The second-order valence-corrected chi connectivity index (χ2v) is 5.86. The number of hydrogen-bond donors (Lipinski definition) is 1. The van der Waals surface area contributed by atoms with E-state index in [1.165, 1.54) is 17.0 Å². The summed E-state index contributed by atoms with van der Waals surface area (Å²) in [7, 11) is 0. The van der Waals surface area contributed by atoms with E-state index in [9.17, 15) is 13.2 Å². The summed E-state index contributed by atoms with van der Waals surface area (Å²) in [6.07, 6.45) is -1.01. The van der Waals surface area contributed by atoms with Crippen molar-refractivity contribution in [2.24, 2.45) is 0 Å².